The lowest BCUT2D eigenvalue weighted by molar-refractivity contribution is 0.0547. The lowest BCUT2D eigenvalue weighted by atomic mass is 10.1. The minimum Gasteiger partial charge on any atom is -0.458 e. The average Bonchev–Trinajstić information content (AvgIpc) is 2.61. The van der Waals surface area contributed by atoms with Crippen LogP contribution in [-0.2, 0) is 14.2 Å². The molecule has 1 aromatic rings. The van der Waals surface area contributed by atoms with Crippen LogP contribution in [-0.4, -0.2) is 37.7 Å². The first-order chi connectivity index (χ1) is 11.5. The molecule has 0 N–H and O–H groups in total. The van der Waals surface area contributed by atoms with Crippen LogP contribution in [0.2, 0.25) is 0 Å². The number of benzene rings is 1. The van der Waals surface area contributed by atoms with E-state index in [-0.39, 0.29) is 36.5 Å². The summed E-state index contributed by atoms with van der Waals surface area (Å²) in [6.45, 7) is 10.3. The SMILES string of the molecule is C=CCOC(=O)c1cc(C(=O)OCC=C)cc(C(=O)OCC=C)c1. The summed E-state index contributed by atoms with van der Waals surface area (Å²) in [6, 6.07) is 3.84. The fourth-order valence-corrected chi connectivity index (χ4v) is 1.63. The molecular formula is C18H18O6. The normalized spacial score (nSPS) is 9.50. The molecule has 6 nitrogen and oxygen atoms in total. The third kappa shape index (κ3) is 5.57. The van der Waals surface area contributed by atoms with Gasteiger partial charge in [0.05, 0.1) is 16.7 Å². The molecule has 0 aliphatic rings. The van der Waals surface area contributed by atoms with Crippen molar-refractivity contribution in [3.63, 3.8) is 0 Å². The Hall–Kier alpha value is -3.15. The van der Waals surface area contributed by atoms with Crippen LogP contribution in [0.4, 0.5) is 0 Å². The van der Waals surface area contributed by atoms with E-state index in [1.807, 2.05) is 0 Å². The Morgan fingerprint density at radius 1 is 0.667 bits per heavy atom. The van der Waals surface area contributed by atoms with E-state index >= 15 is 0 Å². The van der Waals surface area contributed by atoms with Gasteiger partial charge >= 0.3 is 17.9 Å². The molecule has 0 radical (unpaired) electrons. The van der Waals surface area contributed by atoms with Crippen LogP contribution in [0.15, 0.2) is 56.2 Å². The Balaban J connectivity index is 3.17. The van der Waals surface area contributed by atoms with Crippen LogP contribution >= 0.6 is 0 Å². The molecular weight excluding hydrogens is 312 g/mol. The van der Waals surface area contributed by atoms with Crippen LogP contribution in [0.3, 0.4) is 0 Å². The van der Waals surface area contributed by atoms with Crippen molar-refractivity contribution in [2.24, 2.45) is 0 Å². The Morgan fingerprint density at radius 3 is 1.12 bits per heavy atom. The fraction of sp³-hybridized carbons (Fsp3) is 0.167. The highest BCUT2D eigenvalue weighted by atomic mass is 16.5. The summed E-state index contributed by atoms with van der Waals surface area (Å²) in [6.07, 6.45) is 4.21. The first kappa shape index (κ1) is 18.9. The van der Waals surface area contributed by atoms with E-state index in [1.54, 1.807) is 0 Å². The van der Waals surface area contributed by atoms with E-state index in [0.717, 1.165) is 0 Å². The molecule has 0 bridgehead atoms. The second-order valence-corrected chi connectivity index (χ2v) is 4.46. The smallest absolute Gasteiger partial charge is 0.338 e. The second kappa shape index (κ2) is 9.78. The lowest BCUT2D eigenvalue weighted by Gasteiger charge is -2.09. The summed E-state index contributed by atoms with van der Waals surface area (Å²) < 4.78 is 14.7. The van der Waals surface area contributed by atoms with Crippen LogP contribution in [0.25, 0.3) is 0 Å². The quantitative estimate of drug-likeness (QED) is 0.393. The van der Waals surface area contributed by atoms with Crippen molar-refractivity contribution in [3.8, 4) is 0 Å². The summed E-state index contributed by atoms with van der Waals surface area (Å²) >= 11 is 0. The number of ether oxygens (including phenoxy) is 3. The van der Waals surface area contributed by atoms with Crippen molar-refractivity contribution in [1.29, 1.82) is 0 Å². The van der Waals surface area contributed by atoms with E-state index < -0.39 is 17.9 Å². The van der Waals surface area contributed by atoms with Gasteiger partial charge in [-0.25, -0.2) is 14.4 Å². The first-order valence-corrected chi connectivity index (χ1v) is 7.02. The van der Waals surface area contributed by atoms with Crippen molar-refractivity contribution in [2.75, 3.05) is 19.8 Å². The number of hydrogen-bond acceptors (Lipinski definition) is 6. The van der Waals surface area contributed by atoms with Gasteiger partial charge < -0.3 is 14.2 Å². The number of rotatable bonds is 9. The van der Waals surface area contributed by atoms with Crippen LogP contribution in [0, 0.1) is 0 Å². The van der Waals surface area contributed by atoms with E-state index in [2.05, 4.69) is 19.7 Å². The summed E-state index contributed by atoms with van der Waals surface area (Å²) in [5.41, 5.74) is 0.0707. The number of esters is 3. The van der Waals surface area contributed by atoms with E-state index in [1.165, 1.54) is 36.4 Å². The maximum absolute atomic E-state index is 12.0. The van der Waals surface area contributed by atoms with Gasteiger partial charge in [-0.1, -0.05) is 38.0 Å². The third-order valence-electron chi connectivity index (χ3n) is 2.64. The van der Waals surface area contributed by atoms with Crippen molar-refractivity contribution in [2.45, 2.75) is 0 Å². The van der Waals surface area contributed by atoms with Crippen molar-refractivity contribution < 1.29 is 28.6 Å². The maximum Gasteiger partial charge on any atom is 0.338 e. The average molecular weight is 330 g/mol. The molecule has 6 heteroatoms. The summed E-state index contributed by atoms with van der Waals surface area (Å²) in [4.78, 5) is 35.9. The molecule has 0 fully saturated rings. The second-order valence-electron chi connectivity index (χ2n) is 4.46. The monoisotopic (exact) mass is 330 g/mol. The highest BCUT2D eigenvalue weighted by molar-refractivity contribution is 6.00. The van der Waals surface area contributed by atoms with Gasteiger partial charge in [0.1, 0.15) is 19.8 Å². The van der Waals surface area contributed by atoms with Gasteiger partial charge in [0.2, 0.25) is 0 Å². The predicted octanol–water partition coefficient (Wildman–Crippen LogP) is 2.72. The van der Waals surface area contributed by atoms with Gasteiger partial charge in [-0.3, -0.25) is 0 Å². The molecule has 126 valence electrons. The molecule has 0 unspecified atom stereocenters. The lowest BCUT2D eigenvalue weighted by Crippen LogP contribution is -2.13. The van der Waals surface area contributed by atoms with Gasteiger partial charge in [0, 0.05) is 0 Å². The zero-order valence-corrected chi connectivity index (χ0v) is 13.2. The van der Waals surface area contributed by atoms with Crippen molar-refractivity contribution in [1.82, 2.24) is 0 Å². The molecule has 24 heavy (non-hydrogen) atoms. The minimum absolute atomic E-state index is 0.000214. The Morgan fingerprint density at radius 2 is 0.917 bits per heavy atom. The topological polar surface area (TPSA) is 78.9 Å². The van der Waals surface area contributed by atoms with E-state index in [9.17, 15) is 14.4 Å². The Labute approximate surface area is 140 Å². The standard InChI is InChI=1S/C18H18O6/c1-4-7-22-16(19)13-10-14(17(20)23-8-5-2)12-15(11-13)18(21)24-9-6-3/h4-6,10-12H,1-3,7-9H2. The maximum atomic E-state index is 12.0. The number of carbonyl (C=O) groups is 3. The Kier molecular flexibility index (Phi) is 7.70. The minimum atomic E-state index is -0.703. The highest BCUT2D eigenvalue weighted by Gasteiger charge is 2.18. The Bertz CT molecular complexity index is 557. The molecule has 0 aliphatic heterocycles. The van der Waals surface area contributed by atoms with Crippen molar-refractivity contribution in [3.05, 3.63) is 72.9 Å². The van der Waals surface area contributed by atoms with Gasteiger partial charge in [-0.15, -0.1) is 0 Å². The molecule has 0 spiro atoms. The number of hydrogen-bond donors (Lipinski definition) is 0. The highest BCUT2D eigenvalue weighted by Crippen LogP contribution is 2.14. The van der Waals surface area contributed by atoms with E-state index in [4.69, 9.17) is 14.2 Å². The summed E-state index contributed by atoms with van der Waals surface area (Å²) in [5.74, 6) is -2.11. The van der Waals surface area contributed by atoms with Crippen LogP contribution in [0.1, 0.15) is 31.1 Å². The van der Waals surface area contributed by atoms with Gasteiger partial charge in [0.25, 0.3) is 0 Å². The fourth-order valence-electron chi connectivity index (χ4n) is 1.63. The molecule has 0 saturated heterocycles. The van der Waals surface area contributed by atoms with Gasteiger partial charge in [-0.2, -0.15) is 0 Å². The summed E-state index contributed by atoms with van der Waals surface area (Å²) in [5, 5.41) is 0. The molecule has 0 aliphatic carbocycles. The largest absolute Gasteiger partial charge is 0.458 e. The van der Waals surface area contributed by atoms with Gasteiger partial charge in [-0.05, 0) is 18.2 Å². The molecule has 0 atom stereocenters. The third-order valence-corrected chi connectivity index (χ3v) is 2.64. The van der Waals surface area contributed by atoms with E-state index in [0.29, 0.717) is 0 Å². The zero-order chi connectivity index (χ0) is 17.9. The molecule has 0 aromatic heterocycles. The van der Waals surface area contributed by atoms with Crippen molar-refractivity contribution >= 4 is 17.9 Å². The molecule has 1 rings (SSSR count). The molecule has 0 amide bonds. The zero-order valence-electron chi connectivity index (χ0n) is 13.2. The molecule has 0 saturated carbocycles. The summed E-state index contributed by atoms with van der Waals surface area (Å²) in [7, 11) is 0. The molecule has 1 aromatic carbocycles. The predicted molar refractivity (Wildman–Crippen MR) is 87.9 cm³/mol. The van der Waals surface area contributed by atoms with Crippen LogP contribution in [0.5, 0.6) is 0 Å². The van der Waals surface area contributed by atoms with Gasteiger partial charge in [0.15, 0.2) is 0 Å². The van der Waals surface area contributed by atoms with Crippen LogP contribution < -0.4 is 0 Å². The molecule has 0 heterocycles. The number of carbonyl (C=O) groups excluding carboxylic acids is 3. The first-order valence-electron chi connectivity index (χ1n) is 7.02.